The van der Waals surface area contributed by atoms with Gasteiger partial charge < -0.3 is 21.1 Å². The smallest absolute Gasteiger partial charge is 0.277 e. The number of likely N-dealkylation sites (tertiary alicyclic amines) is 1. The van der Waals surface area contributed by atoms with Gasteiger partial charge in [0.25, 0.3) is 5.56 Å². The Kier molecular flexibility index (Phi) is 8.32. The molecule has 0 unspecified atom stereocenters. The lowest BCUT2D eigenvalue weighted by atomic mass is 9.91. The summed E-state index contributed by atoms with van der Waals surface area (Å²) in [5.41, 5.74) is 14.8. The fourth-order valence-corrected chi connectivity index (χ4v) is 5.29. The molecule has 4 aromatic rings. The van der Waals surface area contributed by atoms with Crippen LogP contribution in [0.5, 0.6) is 0 Å². The van der Waals surface area contributed by atoms with Gasteiger partial charge in [-0.05, 0) is 30.0 Å². The first-order chi connectivity index (χ1) is 19.7. The van der Waals surface area contributed by atoms with Gasteiger partial charge in [0.05, 0.1) is 24.2 Å². The van der Waals surface area contributed by atoms with E-state index in [9.17, 15) is 9.90 Å². The van der Waals surface area contributed by atoms with E-state index < -0.39 is 11.2 Å². The minimum absolute atomic E-state index is 0.00823. The normalized spacial score (nSPS) is 15.8. The first kappa shape index (κ1) is 28.6. The van der Waals surface area contributed by atoms with Gasteiger partial charge in [-0.15, -0.1) is 0 Å². The van der Waals surface area contributed by atoms with Gasteiger partial charge in [-0.2, -0.15) is 4.98 Å². The van der Waals surface area contributed by atoms with Gasteiger partial charge in [0.15, 0.2) is 0 Å². The first-order valence-corrected chi connectivity index (χ1v) is 13.7. The highest BCUT2D eigenvalue weighted by molar-refractivity contribution is 6.31. The summed E-state index contributed by atoms with van der Waals surface area (Å²) in [5.74, 6) is 0.989. The molecule has 1 aliphatic rings. The third kappa shape index (κ3) is 6.23. The number of anilines is 1. The average Bonchev–Trinajstić information content (AvgIpc) is 3.41. The molecule has 0 atom stereocenters. The van der Waals surface area contributed by atoms with Crippen molar-refractivity contribution < 1.29 is 9.63 Å². The lowest BCUT2D eigenvalue weighted by Crippen LogP contribution is -2.48. The number of piperidine rings is 1. The van der Waals surface area contributed by atoms with Crippen LogP contribution in [0.4, 0.5) is 5.69 Å². The monoisotopic (exact) mass is 576 g/mol. The topological polar surface area (TPSA) is 162 Å². The number of aryl methyl sites for hydroxylation is 1. The summed E-state index contributed by atoms with van der Waals surface area (Å²) in [6.07, 6.45) is 2.40. The largest absolute Gasteiger partial charge is 0.392 e. The van der Waals surface area contributed by atoms with Crippen LogP contribution >= 0.6 is 11.6 Å². The number of aliphatic imine (C=N–C) groups is 1. The highest BCUT2D eigenvalue weighted by Crippen LogP contribution is 2.29. The van der Waals surface area contributed by atoms with E-state index in [0.717, 1.165) is 22.3 Å². The zero-order valence-electron chi connectivity index (χ0n) is 23.0. The molecule has 5 N–H and O–H groups in total. The maximum Gasteiger partial charge on any atom is 0.277 e. The van der Waals surface area contributed by atoms with Gasteiger partial charge in [-0.3, -0.25) is 19.3 Å². The number of hydrogen-bond acceptors (Lipinski definition) is 10. The van der Waals surface area contributed by atoms with Crippen molar-refractivity contribution >= 4 is 23.0 Å². The molecule has 2 aromatic carbocycles. The van der Waals surface area contributed by atoms with Crippen molar-refractivity contribution in [2.24, 2.45) is 10.7 Å². The van der Waals surface area contributed by atoms with Crippen LogP contribution in [0.3, 0.4) is 0 Å². The Morgan fingerprint density at radius 2 is 1.93 bits per heavy atom. The van der Waals surface area contributed by atoms with Gasteiger partial charge in [0, 0.05) is 56.3 Å². The molecule has 5 rings (SSSR count). The number of rotatable bonds is 8. The SMILES string of the molecule is CN=C(c1ccc(CN)cc1)c1ncn(CC2(O)CCN(Cc3ccc(-c4noc(C)n4)cc3Cl)CC2)c(=O)c1N. The van der Waals surface area contributed by atoms with Crippen LogP contribution in [0.15, 0.2) is 63.1 Å². The Labute approximate surface area is 242 Å². The molecule has 0 saturated carbocycles. The van der Waals surface area contributed by atoms with E-state index in [2.05, 4.69) is 25.0 Å². The molecule has 11 nitrogen and oxygen atoms in total. The minimum atomic E-state index is -1.07. The highest BCUT2D eigenvalue weighted by atomic mass is 35.5. The molecule has 0 amide bonds. The molecule has 0 bridgehead atoms. The zero-order valence-corrected chi connectivity index (χ0v) is 23.8. The summed E-state index contributed by atoms with van der Waals surface area (Å²) < 4.78 is 6.44. The molecule has 12 heteroatoms. The fourth-order valence-electron chi connectivity index (χ4n) is 5.05. The predicted molar refractivity (Wildman–Crippen MR) is 158 cm³/mol. The molecule has 214 valence electrons. The lowest BCUT2D eigenvalue weighted by molar-refractivity contribution is -0.0365. The van der Waals surface area contributed by atoms with Crippen LogP contribution in [0.25, 0.3) is 11.4 Å². The maximum atomic E-state index is 13.2. The molecule has 0 spiro atoms. The van der Waals surface area contributed by atoms with Crippen LogP contribution in [0.2, 0.25) is 5.02 Å². The predicted octanol–water partition coefficient (Wildman–Crippen LogP) is 2.79. The molecular weight excluding hydrogens is 544 g/mol. The zero-order chi connectivity index (χ0) is 29.1. The molecule has 3 heterocycles. The van der Waals surface area contributed by atoms with Crippen molar-refractivity contribution in [1.29, 1.82) is 0 Å². The molecule has 0 radical (unpaired) electrons. The molecule has 0 aliphatic carbocycles. The van der Waals surface area contributed by atoms with Crippen molar-refractivity contribution in [2.75, 3.05) is 25.9 Å². The summed E-state index contributed by atoms with van der Waals surface area (Å²) in [7, 11) is 1.63. The van der Waals surface area contributed by atoms with Gasteiger partial charge in [-0.1, -0.05) is 53.2 Å². The Balaban J connectivity index is 1.24. The number of nitrogen functional groups attached to an aromatic ring is 1. The summed E-state index contributed by atoms with van der Waals surface area (Å²) in [6.45, 7) is 4.18. The molecule has 1 aliphatic heterocycles. The van der Waals surface area contributed by atoms with Crippen LogP contribution in [0, 0.1) is 6.92 Å². The summed E-state index contributed by atoms with van der Waals surface area (Å²) in [6, 6.07) is 13.3. The number of aromatic nitrogens is 4. The molecule has 2 aromatic heterocycles. The maximum absolute atomic E-state index is 13.2. The molecule has 41 heavy (non-hydrogen) atoms. The Bertz CT molecular complexity index is 1620. The van der Waals surface area contributed by atoms with Crippen molar-refractivity contribution in [3.8, 4) is 11.4 Å². The van der Waals surface area contributed by atoms with Crippen LogP contribution in [0.1, 0.15) is 41.1 Å². The van der Waals surface area contributed by atoms with E-state index in [1.807, 2.05) is 42.5 Å². The van der Waals surface area contributed by atoms with Crippen molar-refractivity contribution in [3.05, 3.63) is 92.4 Å². The molecule has 1 saturated heterocycles. The highest BCUT2D eigenvalue weighted by Gasteiger charge is 2.33. The number of hydrogen-bond donors (Lipinski definition) is 3. The average molecular weight is 577 g/mol. The summed E-state index contributed by atoms with van der Waals surface area (Å²) >= 11 is 6.57. The summed E-state index contributed by atoms with van der Waals surface area (Å²) in [4.78, 5) is 28.5. The van der Waals surface area contributed by atoms with Crippen LogP contribution < -0.4 is 17.0 Å². The standard InChI is InChI=1S/C29H33ClN8O3/c1-18-35-27(36-41-18)21-7-8-22(23(30)13-21)15-37-11-9-29(40,10-12-37)16-38-17-34-26(24(32)28(38)39)25(33-2)20-5-3-19(14-31)4-6-20/h3-8,13,17,40H,9-12,14-16,31-32H2,1-2H3. The third-order valence-electron chi connectivity index (χ3n) is 7.47. The number of benzene rings is 2. The molecule has 1 fully saturated rings. The second kappa shape index (κ2) is 11.9. The van der Waals surface area contributed by atoms with E-state index >= 15 is 0 Å². The van der Waals surface area contributed by atoms with Crippen molar-refractivity contribution in [2.45, 2.75) is 45.0 Å². The third-order valence-corrected chi connectivity index (χ3v) is 7.82. The van der Waals surface area contributed by atoms with Gasteiger partial charge in [-0.25, -0.2) is 4.98 Å². The van der Waals surface area contributed by atoms with Crippen molar-refractivity contribution in [3.63, 3.8) is 0 Å². The quantitative estimate of drug-likeness (QED) is 0.268. The second-order valence-corrected chi connectivity index (χ2v) is 10.8. The Morgan fingerprint density at radius 3 is 2.54 bits per heavy atom. The van der Waals surface area contributed by atoms with Crippen LogP contribution in [-0.2, 0) is 19.6 Å². The second-order valence-electron chi connectivity index (χ2n) is 10.4. The van der Waals surface area contributed by atoms with E-state index in [4.69, 9.17) is 27.6 Å². The number of aliphatic hydroxyl groups is 1. The van der Waals surface area contributed by atoms with Crippen molar-refractivity contribution in [1.82, 2.24) is 24.6 Å². The van der Waals surface area contributed by atoms with Gasteiger partial charge in [0.1, 0.15) is 11.4 Å². The van der Waals surface area contributed by atoms with E-state index in [-0.39, 0.29) is 12.2 Å². The van der Waals surface area contributed by atoms with E-state index in [0.29, 0.717) is 67.2 Å². The minimum Gasteiger partial charge on any atom is -0.392 e. The van der Waals surface area contributed by atoms with E-state index in [1.165, 1.54) is 10.9 Å². The van der Waals surface area contributed by atoms with Crippen LogP contribution in [-0.4, -0.2) is 61.1 Å². The number of halogens is 1. The molecular formula is C29H33ClN8O3. The van der Waals surface area contributed by atoms with Gasteiger partial charge in [0.2, 0.25) is 11.7 Å². The number of nitrogens with two attached hydrogens (primary N) is 2. The Hall–Kier alpha value is -3.90. The number of nitrogens with zero attached hydrogens (tertiary/aromatic N) is 6. The Morgan fingerprint density at radius 1 is 1.20 bits per heavy atom. The first-order valence-electron chi connectivity index (χ1n) is 13.3. The summed E-state index contributed by atoms with van der Waals surface area (Å²) in [5, 5.41) is 15.9. The van der Waals surface area contributed by atoms with Gasteiger partial charge >= 0.3 is 0 Å². The van der Waals surface area contributed by atoms with E-state index in [1.54, 1.807) is 14.0 Å². The fraction of sp³-hybridized carbons (Fsp3) is 0.345. The lowest BCUT2D eigenvalue weighted by Gasteiger charge is -2.38.